The van der Waals surface area contributed by atoms with Crippen molar-refractivity contribution in [2.45, 2.75) is 19.9 Å². The van der Waals surface area contributed by atoms with E-state index < -0.39 is 5.63 Å². The second kappa shape index (κ2) is 10.2. The Morgan fingerprint density at radius 2 is 1.81 bits per heavy atom. The summed E-state index contributed by atoms with van der Waals surface area (Å²) in [7, 11) is 3.07. The summed E-state index contributed by atoms with van der Waals surface area (Å²) in [4.78, 5) is 24.7. The van der Waals surface area contributed by atoms with Gasteiger partial charge in [-0.1, -0.05) is 19.9 Å². The molecule has 1 atom stereocenters. The monoisotopic (exact) mass is 441 g/mol. The molecule has 0 spiro atoms. The minimum Gasteiger partial charge on any atom is -0.493 e. The first-order valence-corrected chi connectivity index (χ1v) is 10.2. The Kier molecular flexibility index (Phi) is 7.37. The second-order valence-corrected chi connectivity index (χ2v) is 7.61. The molecule has 1 unspecified atom stereocenters. The smallest absolute Gasteiger partial charge is 0.344 e. The second-order valence-electron chi connectivity index (χ2n) is 7.61. The maximum atomic E-state index is 12.6. The number of hydrogen-bond acceptors (Lipinski definition) is 7. The Morgan fingerprint density at radius 1 is 1.06 bits per heavy atom. The number of amides is 1. The van der Waals surface area contributed by atoms with E-state index in [1.807, 2.05) is 13.8 Å². The molecule has 3 rings (SSSR count). The fourth-order valence-corrected chi connectivity index (χ4v) is 3.21. The number of benzene rings is 2. The highest BCUT2D eigenvalue weighted by molar-refractivity contribution is 5.83. The Hall–Kier alpha value is -3.52. The van der Waals surface area contributed by atoms with E-state index in [-0.39, 0.29) is 31.1 Å². The number of aliphatic hydroxyl groups is 1. The molecule has 0 radical (unpaired) electrons. The number of nitrogens with one attached hydrogen (secondary N) is 1. The molecule has 8 heteroatoms. The molecule has 2 N–H and O–H groups in total. The molecule has 8 nitrogen and oxygen atoms in total. The van der Waals surface area contributed by atoms with Gasteiger partial charge in [0.2, 0.25) is 0 Å². The summed E-state index contributed by atoms with van der Waals surface area (Å²) in [5, 5.41) is 12.7. The zero-order valence-corrected chi connectivity index (χ0v) is 18.5. The molecule has 0 saturated heterocycles. The minimum atomic E-state index is -0.512. The molecule has 3 aromatic rings. The van der Waals surface area contributed by atoms with Gasteiger partial charge in [-0.25, -0.2) is 4.79 Å². The summed E-state index contributed by atoms with van der Waals surface area (Å²) < 4.78 is 21.6. The number of ether oxygens (including phenoxy) is 3. The van der Waals surface area contributed by atoms with Gasteiger partial charge in [-0.15, -0.1) is 0 Å². The van der Waals surface area contributed by atoms with Crippen molar-refractivity contribution in [3.8, 4) is 28.4 Å². The Bertz CT molecular complexity index is 1150. The van der Waals surface area contributed by atoms with Gasteiger partial charge < -0.3 is 29.1 Å². The minimum absolute atomic E-state index is 0.0961. The zero-order valence-electron chi connectivity index (χ0n) is 18.5. The molecular weight excluding hydrogens is 414 g/mol. The van der Waals surface area contributed by atoms with Crippen LogP contribution in [0.5, 0.6) is 17.2 Å². The molecule has 1 heterocycles. The molecule has 32 heavy (non-hydrogen) atoms. The van der Waals surface area contributed by atoms with Crippen LogP contribution in [0.3, 0.4) is 0 Å². The van der Waals surface area contributed by atoms with Crippen LogP contribution in [0.1, 0.15) is 13.8 Å². The van der Waals surface area contributed by atoms with Crippen LogP contribution < -0.4 is 25.2 Å². The van der Waals surface area contributed by atoms with E-state index in [1.165, 1.54) is 7.11 Å². The number of aliphatic hydroxyl groups excluding tert-OH is 1. The molecule has 1 aromatic heterocycles. The Balaban J connectivity index is 1.80. The van der Waals surface area contributed by atoms with Gasteiger partial charge in [-0.05, 0) is 41.8 Å². The summed E-state index contributed by atoms with van der Waals surface area (Å²) in [5.74, 6) is 1.21. The largest absolute Gasteiger partial charge is 0.493 e. The van der Waals surface area contributed by atoms with Gasteiger partial charge in [-0.2, -0.15) is 0 Å². The third kappa shape index (κ3) is 5.20. The predicted molar refractivity (Wildman–Crippen MR) is 120 cm³/mol. The van der Waals surface area contributed by atoms with E-state index in [0.29, 0.717) is 39.3 Å². The van der Waals surface area contributed by atoms with Gasteiger partial charge >= 0.3 is 5.63 Å². The van der Waals surface area contributed by atoms with Gasteiger partial charge in [0, 0.05) is 11.5 Å². The van der Waals surface area contributed by atoms with Crippen LogP contribution in [0, 0.1) is 5.92 Å². The lowest BCUT2D eigenvalue weighted by molar-refractivity contribution is -0.124. The first-order valence-electron chi connectivity index (χ1n) is 10.2. The van der Waals surface area contributed by atoms with Crippen molar-refractivity contribution in [2.24, 2.45) is 5.92 Å². The topological polar surface area (TPSA) is 107 Å². The van der Waals surface area contributed by atoms with Crippen molar-refractivity contribution in [1.82, 2.24) is 5.32 Å². The van der Waals surface area contributed by atoms with Crippen LogP contribution in [-0.2, 0) is 4.79 Å². The highest BCUT2D eigenvalue weighted by Crippen LogP contribution is 2.32. The van der Waals surface area contributed by atoms with Crippen LogP contribution in [0.25, 0.3) is 22.1 Å². The van der Waals surface area contributed by atoms with Gasteiger partial charge in [0.1, 0.15) is 11.3 Å². The molecule has 2 aromatic carbocycles. The fraction of sp³-hybridized carbons (Fsp3) is 0.333. The molecule has 0 saturated carbocycles. The lowest BCUT2D eigenvalue weighted by atomic mass is 10.1. The molecule has 0 fully saturated rings. The van der Waals surface area contributed by atoms with Gasteiger partial charge in [-0.3, -0.25) is 4.79 Å². The summed E-state index contributed by atoms with van der Waals surface area (Å²) in [6, 6.07) is 11.6. The maximum absolute atomic E-state index is 12.6. The maximum Gasteiger partial charge on any atom is 0.344 e. The van der Waals surface area contributed by atoms with E-state index in [0.717, 1.165) is 0 Å². The molecular formula is C24H27NO7. The molecule has 170 valence electrons. The molecule has 0 aliphatic rings. The number of rotatable bonds is 9. The van der Waals surface area contributed by atoms with Crippen molar-refractivity contribution in [3.05, 3.63) is 52.9 Å². The first kappa shape index (κ1) is 23.1. The van der Waals surface area contributed by atoms with E-state index in [2.05, 4.69) is 5.32 Å². The SMILES string of the molecule is COc1ccc(-c2cc3ccc(OCC(=O)NC(CO)C(C)C)cc3oc2=O)cc1OC. The number of hydrogen-bond donors (Lipinski definition) is 2. The van der Waals surface area contributed by atoms with Gasteiger partial charge in [0.15, 0.2) is 18.1 Å². The van der Waals surface area contributed by atoms with Crippen molar-refractivity contribution >= 4 is 16.9 Å². The van der Waals surface area contributed by atoms with E-state index in [9.17, 15) is 14.7 Å². The Labute approximate surface area is 185 Å². The predicted octanol–water partition coefficient (Wildman–Crippen LogP) is 2.99. The van der Waals surface area contributed by atoms with Gasteiger partial charge in [0.05, 0.1) is 32.4 Å². The third-order valence-electron chi connectivity index (χ3n) is 5.12. The first-order chi connectivity index (χ1) is 15.4. The van der Waals surface area contributed by atoms with Crippen molar-refractivity contribution in [3.63, 3.8) is 0 Å². The van der Waals surface area contributed by atoms with Crippen LogP contribution in [0.15, 0.2) is 51.7 Å². The van der Waals surface area contributed by atoms with Crippen molar-refractivity contribution in [1.29, 1.82) is 0 Å². The summed E-state index contributed by atoms with van der Waals surface area (Å²) in [6.07, 6.45) is 0. The lowest BCUT2D eigenvalue weighted by Crippen LogP contribution is -2.43. The van der Waals surface area contributed by atoms with Crippen molar-refractivity contribution < 1.29 is 28.5 Å². The third-order valence-corrected chi connectivity index (χ3v) is 5.12. The number of carbonyl (C=O) groups excluding carboxylic acids is 1. The highest BCUT2D eigenvalue weighted by atomic mass is 16.5. The summed E-state index contributed by atoms with van der Waals surface area (Å²) in [6.45, 7) is 3.45. The normalized spacial score (nSPS) is 11.9. The van der Waals surface area contributed by atoms with Gasteiger partial charge in [0.25, 0.3) is 5.91 Å². The van der Waals surface area contributed by atoms with Crippen LogP contribution >= 0.6 is 0 Å². The Morgan fingerprint density at radius 3 is 2.47 bits per heavy atom. The molecule has 0 bridgehead atoms. The molecule has 0 aliphatic heterocycles. The highest BCUT2D eigenvalue weighted by Gasteiger charge is 2.16. The molecule has 1 amide bonds. The van der Waals surface area contributed by atoms with Crippen LogP contribution in [0.4, 0.5) is 0 Å². The van der Waals surface area contributed by atoms with Crippen LogP contribution in [0.2, 0.25) is 0 Å². The number of fused-ring (bicyclic) bond motifs is 1. The van der Waals surface area contributed by atoms with E-state index in [4.69, 9.17) is 18.6 Å². The fourth-order valence-electron chi connectivity index (χ4n) is 3.21. The zero-order chi connectivity index (χ0) is 23.3. The van der Waals surface area contributed by atoms with E-state index in [1.54, 1.807) is 49.6 Å². The van der Waals surface area contributed by atoms with E-state index >= 15 is 0 Å². The standard InChI is InChI=1S/C24H27NO7/c1-14(2)19(12-26)25-23(27)13-31-17-7-5-16-9-18(24(28)32-21(16)11-17)15-6-8-20(29-3)22(10-15)30-4/h5-11,14,19,26H,12-13H2,1-4H3,(H,25,27). The van der Waals surface area contributed by atoms with Crippen LogP contribution in [-0.4, -0.2) is 44.5 Å². The quantitative estimate of drug-likeness (QED) is 0.492. The molecule has 0 aliphatic carbocycles. The van der Waals surface area contributed by atoms with Crippen molar-refractivity contribution in [2.75, 3.05) is 27.4 Å². The average molecular weight is 441 g/mol. The average Bonchev–Trinajstić information content (AvgIpc) is 2.79. The summed E-state index contributed by atoms with van der Waals surface area (Å²) in [5.41, 5.74) is 0.851. The summed E-state index contributed by atoms with van der Waals surface area (Å²) >= 11 is 0. The number of methoxy groups -OCH3 is 2. The lowest BCUT2D eigenvalue weighted by Gasteiger charge is -2.19. The number of carbonyl (C=O) groups is 1.